The molecule has 2 aromatic heterocycles. The quantitative estimate of drug-likeness (QED) is 0.724. The minimum atomic E-state index is -0.491. The van der Waals surface area contributed by atoms with Crippen molar-refractivity contribution in [2.75, 3.05) is 0 Å². The molecule has 2 aliphatic rings. The molecule has 4 nitrogen and oxygen atoms in total. The highest BCUT2D eigenvalue weighted by Gasteiger charge is 2.48. The van der Waals surface area contributed by atoms with Crippen LogP contribution in [0.3, 0.4) is 0 Å². The SMILES string of the molecule is O=C1CC2(CCc3c(cc4ccccn34)C2)C(=O)N1. The van der Waals surface area contributed by atoms with Crippen molar-refractivity contribution in [3.8, 4) is 0 Å². The number of hydrogen-bond acceptors (Lipinski definition) is 2. The van der Waals surface area contributed by atoms with Crippen molar-refractivity contribution < 1.29 is 9.59 Å². The number of rotatable bonds is 0. The van der Waals surface area contributed by atoms with Crippen LogP contribution in [0.25, 0.3) is 5.52 Å². The zero-order chi connectivity index (χ0) is 13.0. The molecule has 0 saturated carbocycles. The van der Waals surface area contributed by atoms with E-state index in [1.54, 1.807) is 0 Å². The van der Waals surface area contributed by atoms with Gasteiger partial charge in [-0.25, -0.2) is 0 Å². The first-order valence-electron chi connectivity index (χ1n) is 6.60. The number of imide groups is 1. The molecule has 1 saturated heterocycles. The van der Waals surface area contributed by atoms with Crippen LogP contribution < -0.4 is 5.32 Å². The minimum absolute atomic E-state index is 0.0848. The van der Waals surface area contributed by atoms with Crippen LogP contribution in [0.15, 0.2) is 30.5 Å². The van der Waals surface area contributed by atoms with Gasteiger partial charge in [-0.2, -0.15) is 0 Å². The molecule has 1 N–H and O–H groups in total. The van der Waals surface area contributed by atoms with Crippen molar-refractivity contribution in [3.05, 3.63) is 41.7 Å². The summed E-state index contributed by atoms with van der Waals surface area (Å²) in [5.74, 6) is -0.212. The lowest BCUT2D eigenvalue weighted by molar-refractivity contribution is -0.129. The van der Waals surface area contributed by atoms with Gasteiger partial charge in [0, 0.05) is 23.8 Å². The number of pyridine rings is 1. The maximum atomic E-state index is 12.0. The van der Waals surface area contributed by atoms with Gasteiger partial charge in [0.25, 0.3) is 0 Å². The van der Waals surface area contributed by atoms with Gasteiger partial charge in [-0.15, -0.1) is 0 Å². The molecule has 1 atom stereocenters. The zero-order valence-electron chi connectivity index (χ0n) is 10.5. The second kappa shape index (κ2) is 3.47. The number of nitrogens with zero attached hydrogens (tertiary/aromatic N) is 1. The molecule has 0 aromatic carbocycles. The van der Waals surface area contributed by atoms with E-state index >= 15 is 0 Å². The van der Waals surface area contributed by atoms with Gasteiger partial charge in [0.2, 0.25) is 11.8 Å². The van der Waals surface area contributed by atoms with Crippen LogP contribution in [0, 0.1) is 5.41 Å². The van der Waals surface area contributed by atoms with E-state index in [0.29, 0.717) is 12.8 Å². The van der Waals surface area contributed by atoms with E-state index in [1.807, 2.05) is 12.1 Å². The van der Waals surface area contributed by atoms with E-state index in [1.165, 1.54) is 11.3 Å². The lowest BCUT2D eigenvalue weighted by Crippen LogP contribution is -2.36. The second-order valence-corrected chi connectivity index (χ2v) is 5.62. The Balaban J connectivity index is 1.82. The van der Waals surface area contributed by atoms with Crippen LogP contribution in [-0.2, 0) is 22.4 Å². The first-order chi connectivity index (χ1) is 9.18. The Labute approximate surface area is 110 Å². The fraction of sp³-hybridized carbons (Fsp3) is 0.333. The Kier molecular flexibility index (Phi) is 1.97. The van der Waals surface area contributed by atoms with E-state index in [9.17, 15) is 9.59 Å². The van der Waals surface area contributed by atoms with Crippen LogP contribution >= 0.6 is 0 Å². The third-order valence-corrected chi connectivity index (χ3v) is 4.48. The van der Waals surface area contributed by atoms with Gasteiger partial charge < -0.3 is 4.40 Å². The molecule has 2 aromatic rings. The molecule has 4 rings (SSSR count). The number of amides is 2. The summed E-state index contributed by atoms with van der Waals surface area (Å²) in [6.45, 7) is 0. The molecule has 4 heteroatoms. The Morgan fingerprint density at radius 2 is 2.11 bits per heavy atom. The smallest absolute Gasteiger partial charge is 0.233 e. The van der Waals surface area contributed by atoms with Gasteiger partial charge in [-0.3, -0.25) is 14.9 Å². The highest BCUT2D eigenvalue weighted by molar-refractivity contribution is 6.06. The molecule has 0 radical (unpaired) electrons. The number of aryl methyl sites for hydroxylation is 1. The molecule has 1 aliphatic carbocycles. The van der Waals surface area contributed by atoms with Gasteiger partial charge in [-0.05, 0) is 43.0 Å². The summed E-state index contributed by atoms with van der Waals surface area (Å²) in [4.78, 5) is 23.5. The predicted molar refractivity (Wildman–Crippen MR) is 69.6 cm³/mol. The van der Waals surface area contributed by atoms with Crippen LogP contribution in [-0.4, -0.2) is 16.2 Å². The predicted octanol–water partition coefficient (Wildman–Crippen LogP) is 1.46. The summed E-state index contributed by atoms with van der Waals surface area (Å²) in [7, 11) is 0. The molecule has 2 amide bonds. The fourth-order valence-corrected chi connectivity index (χ4v) is 3.52. The normalized spacial score (nSPS) is 25.9. The topological polar surface area (TPSA) is 50.6 Å². The third-order valence-electron chi connectivity index (χ3n) is 4.48. The van der Waals surface area contributed by atoms with Gasteiger partial charge in [0.15, 0.2) is 0 Å². The van der Waals surface area contributed by atoms with E-state index in [0.717, 1.165) is 18.4 Å². The summed E-state index contributed by atoms with van der Waals surface area (Å²) >= 11 is 0. The van der Waals surface area contributed by atoms with E-state index in [2.05, 4.69) is 28.0 Å². The molecule has 96 valence electrons. The monoisotopic (exact) mass is 254 g/mol. The Morgan fingerprint density at radius 3 is 2.89 bits per heavy atom. The van der Waals surface area contributed by atoms with Crippen molar-refractivity contribution in [2.45, 2.75) is 25.7 Å². The molecule has 1 fully saturated rings. The van der Waals surface area contributed by atoms with E-state index in [-0.39, 0.29) is 11.8 Å². The van der Waals surface area contributed by atoms with Gasteiger partial charge in [0.1, 0.15) is 0 Å². The van der Waals surface area contributed by atoms with Gasteiger partial charge >= 0.3 is 0 Å². The summed E-state index contributed by atoms with van der Waals surface area (Å²) < 4.78 is 2.19. The Bertz CT molecular complexity index is 716. The second-order valence-electron chi connectivity index (χ2n) is 5.62. The molecular formula is C15H14N2O2. The molecule has 1 spiro atoms. The average Bonchev–Trinajstić information content (AvgIpc) is 2.87. The minimum Gasteiger partial charge on any atom is -0.321 e. The number of nitrogens with one attached hydrogen (secondary N) is 1. The van der Waals surface area contributed by atoms with Crippen LogP contribution in [0.4, 0.5) is 0 Å². The average molecular weight is 254 g/mol. The molecule has 0 bridgehead atoms. The highest BCUT2D eigenvalue weighted by Crippen LogP contribution is 2.42. The van der Waals surface area contributed by atoms with Crippen LogP contribution in [0.1, 0.15) is 24.1 Å². The lowest BCUT2D eigenvalue weighted by Gasteiger charge is -2.29. The van der Waals surface area contributed by atoms with Crippen LogP contribution in [0.5, 0.6) is 0 Å². The summed E-state index contributed by atoms with van der Waals surface area (Å²) in [5, 5.41) is 2.46. The maximum absolute atomic E-state index is 12.0. The highest BCUT2D eigenvalue weighted by atomic mass is 16.2. The van der Waals surface area contributed by atoms with Crippen molar-refractivity contribution >= 4 is 17.3 Å². The van der Waals surface area contributed by atoms with Crippen molar-refractivity contribution in [2.24, 2.45) is 5.41 Å². The van der Waals surface area contributed by atoms with Gasteiger partial charge in [0.05, 0.1) is 5.41 Å². The van der Waals surface area contributed by atoms with Crippen LogP contribution in [0.2, 0.25) is 0 Å². The van der Waals surface area contributed by atoms with E-state index < -0.39 is 5.41 Å². The molecule has 3 heterocycles. The van der Waals surface area contributed by atoms with Crippen molar-refractivity contribution in [1.29, 1.82) is 0 Å². The summed E-state index contributed by atoms with van der Waals surface area (Å²) in [5.41, 5.74) is 3.17. The van der Waals surface area contributed by atoms with E-state index in [4.69, 9.17) is 0 Å². The maximum Gasteiger partial charge on any atom is 0.233 e. The zero-order valence-corrected chi connectivity index (χ0v) is 10.5. The Morgan fingerprint density at radius 1 is 1.21 bits per heavy atom. The first-order valence-corrected chi connectivity index (χ1v) is 6.60. The number of hydrogen-bond donors (Lipinski definition) is 1. The largest absolute Gasteiger partial charge is 0.321 e. The molecule has 1 aliphatic heterocycles. The Hall–Kier alpha value is -2.10. The summed E-state index contributed by atoms with van der Waals surface area (Å²) in [6, 6.07) is 8.25. The molecule has 1 unspecified atom stereocenters. The first kappa shape index (κ1) is 10.8. The number of carbonyl (C=O) groups excluding carboxylic acids is 2. The van der Waals surface area contributed by atoms with Crippen molar-refractivity contribution in [3.63, 3.8) is 0 Å². The summed E-state index contributed by atoms with van der Waals surface area (Å²) in [6.07, 6.45) is 4.71. The standard InChI is InChI=1S/C15H14N2O2/c18-13-9-15(14(19)16-13)5-4-12-10(8-15)7-11-3-1-2-6-17(11)12/h1-3,6-7H,4-5,8-9H2,(H,16,18,19). The molecular weight excluding hydrogens is 240 g/mol. The number of fused-ring (bicyclic) bond motifs is 3. The van der Waals surface area contributed by atoms with Gasteiger partial charge in [-0.1, -0.05) is 6.07 Å². The number of carbonyl (C=O) groups is 2. The number of aromatic nitrogens is 1. The third kappa shape index (κ3) is 1.40. The fourth-order valence-electron chi connectivity index (χ4n) is 3.52. The van der Waals surface area contributed by atoms with Crippen molar-refractivity contribution in [1.82, 2.24) is 9.72 Å². The molecule has 19 heavy (non-hydrogen) atoms. The lowest BCUT2D eigenvalue weighted by atomic mass is 9.72.